The van der Waals surface area contributed by atoms with Crippen LogP contribution in [-0.4, -0.2) is 40.0 Å². The van der Waals surface area contributed by atoms with Gasteiger partial charge in [0.25, 0.3) is 5.56 Å². The minimum absolute atomic E-state index is 0.00636. The average molecular weight is 281 g/mol. The van der Waals surface area contributed by atoms with Gasteiger partial charge in [-0.1, -0.05) is 5.11 Å². The maximum absolute atomic E-state index is 11.8. The van der Waals surface area contributed by atoms with E-state index in [2.05, 4.69) is 15.0 Å². The largest absolute Gasteiger partial charge is 0.393 e. The molecule has 108 valence electrons. The number of aromatic nitrogens is 2. The van der Waals surface area contributed by atoms with Gasteiger partial charge in [0.1, 0.15) is 0 Å². The molecule has 1 aromatic rings. The van der Waals surface area contributed by atoms with Gasteiger partial charge >= 0.3 is 5.69 Å². The summed E-state index contributed by atoms with van der Waals surface area (Å²) >= 11 is 0. The molecule has 0 amide bonds. The number of H-pyrrole nitrogens is 1. The fourth-order valence-electron chi connectivity index (χ4n) is 2.29. The number of nitrogens with one attached hydrogen (secondary N) is 1. The van der Waals surface area contributed by atoms with Crippen molar-refractivity contribution in [3.05, 3.63) is 43.0 Å². The van der Waals surface area contributed by atoms with E-state index in [1.165, 1.54) is 10.8 Å². The Balaban J connectivity index is 2.29. The molecule has 0 aliphatic carbocycles. The first kappa shape index (κ1) is 14.3. The van der Waals surface area contributed by atoms with E-state index in [0.717, 1.165) is 0 Å². The minimum atomic E-state index is -0.972. The van der Waals surface area contributed by atoms with Gasteiger partial charge in [0, 0.05) is 23.1 Å². The van der Waals surface area contributed by atoms with Gasteiger partial charge in [0.15, 0.2) is 0 Å². The number of nitrogens with zero attached hydrogens (tertiary/aromatic N) is 4. The van der Waals surface area contributed by atoms with E-state index in [4.69, 9.17) is 10.3 Å². The molecule has 2 atom stereocenters. The lowest BCUT2D eigenvalue weighted by Gasteiger charge is -2.23. The first-order chi connectivity index (χ1) is 9.51. The second-order valence-electron chi connectivity index (χ2n) is 4.88. The van der Waals surface area contributed by atoms with E-state index in [9.17, 15) is 14.7 Å². The number of azide groups is 1. The summed E-state index contributed by atoms with van der Waals surface area (Å²) in [7, 11) is 0. The summed E-state index contributed by atoms with van der Waals surface area (Å²) in [4.78, 5) is 28.0. The van der Waals surface area contributed by atoms with Crippen LogP contribution in [0.15, 0.2) is 20.9 Å². The molecule has 2 N–H and O–H groups in total. The summed E-state index contributed by atoms with van der Waals surface area (Å²) in [6.07, 6.45) is 1.80. The van der Waals surface area contributed by atoms with E-state index in [0.29, 0.717) is 12.0 Å². The molecule has 1 fully saturated rings. The van der Waals surface area contributed by atoms with E-state index < -0.39 is 16.9 Å². The van der Waals surface area contributed by atoms with Gasteiger partial charge in [-0.15, -0.1) is 0 Å². The summed E-state index contributed by atoms with van der Waals surface area (Å²) in [5, 5.41) is 12.9. The highest BCUT2D eigenvalue weighted by Crippen LogP contribution is 2.32. The summed E-state index contributed by atoms with van der Waals surface area (Å²) < 4.78 is 6.90. The van der Waals surface area contributed by atoms with Crippen LogP contribution in [0.25, 0.3) is 10.4 Å². The van der Waals surface area contributed by atoms with Gasteiger partial charge < -0.3 is 9.84 Å². The highest BCUT2D eigenvalue weighted by atomic mass is 16.5. The standard InChI is InChI=1S/C11H15N5O4/c1-7-3-16(10(19)14-9(7)18)8-2-11(6-17,20-4-8)5-13-15-12/h3,8,17H,2,4-6H2,1H3,(H,14,18,19)/t8-,11+/m1/s1. The molecule has 0 aromatic carbocycles. The molecule has 0 bridgehead atoms. The van der Waals surface area contributed by atoms with Gasteiger partial charge in [0.2, 0.25) is 0 Å². The molecule has 2 rings (SSSR count). The highest BCUT2D eigenvalue weighted by Gasteiger charge is 2.40. The van der Waals surface area contributed by atoms with E-state index in [1.807, 2.05) is 0 Å². The third-order valence-corrected chi connectivity index (χ3v) is 3.44. The Kier molecular flexibility index (Phi) is 3.93. The number of aromatic amines is 1. The first-order valence-corrected chi connectivity index (χ1v) is 6.09. The van der Waals surface area contributed by atoms with Crippen molar-refractivity contribution in [3.63, 3.8) is 0 Å². The van der Waals surface area contributed by atoms with E-state index in [-0.39, 0.29) is 25.8 Å². The smallest absolute Gasteiger partial charge is 0.328 e. The van der Waals surface area contributed by atoms with E-state index in [1.54, 1.807) is 6.92 Å². The van der Waals surface area contributed by atoms with Crippen LogP contribution >= 0.6 is 0 Å². The maximum Gasteiger partial charge on any atom is 0.328 e. The molecule has 0 radical (unpaired) electrons. The van der Waals surface area contributed by atoms with Crippen LogP contribution in [0.1, 0.15) is 18.0 Å². The zero-order valence-corrected chi connectivity index (χ0v) is 10.9. The van der Waals surface area contributed by atoms with Crippen molar-refractivity contribution in [2.45, 2.75) is 25.0 Å². The normalized spacial score (nSPS) is 25.4. The second kappa shape index (κ2) is 5.49. The Labute approximate surface area is 113 Å². The topological polar surface area (TPSA) is 133 Å². The molecular formula is C11H15N5O4. The van der Waals surface area contributed by atoms with Crippen LogP contribution in [0.3, 0.4) is 0 Å². The molecule has 1 saturated heterocycles. The molecule has 1 aliphatic heterocycles. The van der Waals surface area contributed by atoms with E-state index >= 15 is 0 Å². The molecule has 1 aromatic heterocycles. The maximum atomic E-state index is 11.8. The van der Waals surface area contributed by atoms with Crippen molar-refractivity contribution >= 4 is 0 Å². The lowest BCUT2D eigenvalue weighted by molar-refractivity contribution is -0.0312. The van der Waals surface area contributed by atoms with Crippen molar-refractivity contribution in [1.29, 1.82) is 0 Å². The molecular weight excluding hydrogens is 266 g/mol. The van der Waals surface area contributed by atoms with Crippen molar-refractivity contribution in [1.82, 2.24) is 9.55 Å². The molecule has 0 spiro atoms. The third kappa shape index (κ3) is 2.60. The van der Waals surface area contributed by atoms with Crippen LogP contribution in [-0.2, 0) is 4.74 Å². The Morgan fingerprint density at radius 1 is 1.70 bits per heavy atom. The minimum Gasteiger partial charge on any atom is -0.393 e. The molecule has 9 heteroatoms. The van der Waals surface area contributed by atoms with Gasteiger partial charge in [-0.2, -0.15) is 0 Å². The van der Waals surface area contributed by atoms with Gasteiger partial charge in [-0.3, -0.25) is 14.3 Å². The molecule has 0 saturated carbocycles. The number of aliphatic hydroxyl groups is 1. The predicted molar refractivity (Wildman–Crippen MR) is 69.5 cm³/mol. The fourth-order valence-corrected chi connectivity index (χ4v) is 2.29. The Hall–Kier alpha value is -2.09. The van der Waals surface area contributed by atoms with Crippen LogP contribution < -0.4 is 11.2 Å². The zero-order valence-electron chi connectivity index (χ0n) is 10.9. The molecule has 2 heterocycles. The van der Waals surface area contributed by atoms with Crippen molar-refractivity contribution in [2.24, 2.45) is 5.11 Å². The summed E-state index contributed by atoms with van der Waals surface area (Å²) in [6.45, 7) is 1.49. The van der Waals surface area contributed by atoms with Crippen molar-refractivity contribution in [2.75, 3.05) is 19.8 Å². The van der Waals surface area contributed by atoms with Gasteiger partial charge in [-0.05, 0) is 12.5 Å². The van der Waals surface area contributed by atoms with Crippen LogP contribution in [0.2, 0.25) is 0 Å². The predicted octanol–water partition coefficient (Wildman–Crippen LogP) is -0.152. The first-order valence-electron chi connectivity index (χ1n) is 6.09. The van der Waals surface area contributed by atoms with Crippen molar-refractivity contribution in [3.8, 4) is 0 Å². The van der Waals surface area contributed by atoms with Crippen LogP contribution in [0.5, 0.6) is 0 Å². The number of ether oxygens (including phenoxy) is 1. The summed E-state index contributed by atoms with van der Waals surface area (Å²) in [5.74, 6) is 0. The number of hydrogen-bond acceptors (Lipinski definition) is 5. The molecule has 0 unspecified atom stereocenters. The zero-order chi connectivity index (χ0) is 14.8. The summed E-state index contributed by atoms with van der Waals surface area (Å²) in [6, 6.07) is -0.320. The van der Waals surface area contributed by atoms with Gasteiger partial charge in [-0.25, -0.2) is 4.79 Å². The average Bonchev–Trinajstić information content (AvgIpc) is 2.85. The fraction of sp³-hybridized carbons (Fsp3) is 0.636. The molecule has 9 nitrogen and oxygen atoms in total. The van der Waals surface area contributed by atoms with Crippen LogP contribution in [0, 0.1) is 6.92 Å². The Morgan fingerprint density at radius 3 is 3.10 bits per heavy atom. The summed E-state index contributed by atoms with van der Waals surface area (Å²) in [5.41, 5.74) is 6.86. The lowest BCUT2D eigenvalue weighted by Crippen LogP contribution is -2.37. The highest BCUT2D eigenvalue weighted by molar-refractivity contribution is 5.03. The SMILES string of the molecule is Cc1cn([C@H]2CO[C@](CO)(CN=[N+]=[N-])C2)c(=O)[nH]c1=O. The molecule has 1 aliphatic rings. The lowest BCUT2D eigenvalue weighted by atomic mass is 9.99. The van der Waals surface area contributed by atoms with Crippen LogP contribution in [0.4, 0.5) is 0 Å². The Bertz CT molecular complexity index is 660. The van der Waals surface area contributed by atoms with Gasteiger partial charge in [0.05, 0.1) is 31.4 Å². The third-order valence-electron chi connectivity index (χ3n) is 3.44. The number of aliphatic hydroxyl groups excluding tert-OH is 1. The van der Waals surface area contributed by atoms with Crippen molar-refractivity contribution < 1.29 is 9.84 Å². The monoisotopic (exact) mass is 281 g/mol. The number of hydrogen-bond donors (Lipinski definition) is 2. The quantitative estimate of drug-likeness (QED) is 0.451. The molecule has 20 heavy (non-hydrogen) atoms. The second-order valence-corrected chi connectivity index (χ2v) is 4.88. The number of rotatable bonds is 4. The number of aryl methyl sites for hydroxylation is 1. The Morgan fingerprint density at radius 2 is 2.45 bits per heavy atom.